The molecule has 0 saturated carbocycles. The fourth-order valence-electron chi connectivity index (χ4n) is 0.970. The molecular weight excluding hydrogens is 156 g/mol. The smallest absolute Gasteiger partial charge is 0.0257 e. The van der Waals surface area contributed by atoms with E-state index in [2.05, 4.69) is 18.2 Å². The van der Waals surface area contributed by atoms with Crippen LogP contribution in [0.15, 0.2) is 60.7 Å². The number of rotatable bonds is 3. The summed E-state index contributed by atoms with van der Waals surface area (Å²) in [7, 11) is 0. The Labute approximate surface area is 79.9 Å². The molecule has 1 aromatic rings. The lowest BCUT2D eigenvalue weighted by Gasteiger charge is -1.87. The van der Waals surface area contributed by atoms with Crippen molar-refractivity contribution in [1.29, 1.82) is 0 Å². The van der Waals surface area contributed by atoms with Crippen molar-refractivity contribution in [2.45, 2.75) is 6.92 Å². The third-order valence-electron chi connectivity index (χ3n) is 1.61. The van der Waals surface area contributed by atoms with E-state index in [1.165, 1.54) is 5.56 Å². The first kappa shape index (κ1) is 9.53. The first-order chi connectivity index (χ1) is 6.43. The SMILES string of the molecule is C/C=C/C=C/C=C/c1ccccc1. The molecule has 0 unspecified atom stereocenters. The van der Waals surface area contributed by atoms with Crippen molar-refractivity contribution >= 4 is 6.08 Å². The molecule has 1 rings (SSSR count). The zero-order valence-electron chi connectivity index (χ0n) is 7.85. The van der Waals surface area contributed by atoms with Crippen LogP contribution in [0.1, 0.15) is 12.5 Å². The summed E-state index contributed by atoms with van der Waals surface area (Å²) in [6.45, 7) is 2.01. The molecule has 13 heavy (non-hydrogen) atoms. The van der Waals surface area contributed by atoms with E-state index in [1.54, 1.807) is 0 Å². The molecule has 0 N–H and O–H groups in total. The fraction of sp³-hybridized carbons (Fsp3) is 0.0769. The summed E-state index contributed by atoms with van der Waals surface area (Å²) in [6.07, 6.45) is 12.2. The summed E-state index contributed by atoms with van der Waals surface area (Å²) < 4.78 is 0. The molecule has 0 radical (unpaired) electrons. The van der Waals surface area contributed by atoms with Crippen LogP contribution in [0.5, 0.6) is 0 Å². The summed E-state index contributed by atoms with van der Waals surface area (Å²) in [5.41, 5.74) is 1.23. The molecule has 0 heterocycles. The van der Waals surface area contributed by atoms with E-state index >= 15 is 0 Å². The maximum Gasteiger partial charge on any atom is -0.0257 e. The molecule has 0 atom stereocenters. The van der Waals surface area contributed by atoms with Gasteiger partial charge in [0.2, 0.25) is 0 Å². The minimum atomic E-state index is 1.23. The molecule has 0 aliphatic heterocycles. The standard InChI is InChI=1S/C13H14/c1-2-3-4-5-7-10-13-11-8-6-9-12-13/h2-12H,1H3/b3-2+,5-4+,10-7+. The average molecular weight is 170 g/mol. The Balaban J connectivity index is 2.50. The Hall–Kier alpha value is -1.56. The normalized spacial score (nSPS) is 12.1. The first-order valence-corrected chi connectivity index (χ1v) is 4.44. The second-order valence-corrected chi connectivity index (χ2v) is 2.68. The largest absolute Gasteiger partial charge is 0.0877 e. The number of allylic oxidation sites excluding steroid dienone is 5. The van der Waals surface area contributed by atoms with Crippen LogP contribution in [0, 0.1) is 0 Å². The van der Waals surface area contributed by atoms with Crippen LogP contribution in [-0.4, -0.2) is 0 Å². The molecule has 0 heteroatoms. The van der Waals surface area contributed by atoms with Gasteiger partial charge in [-0.1, -0.05) is 66.8 Å². The Bertz CT molecular complexity index is 302. The summed E-state index contributed by atoms with van der Waals surface area (Å²) in [5.74, 6) is 0. The zero-order valence-corrected chi connectivity index (χ0v) is 7.85. The summed E-state index contributed by atoms with van der Waals surface area (Å²) in [5, 5.41) is 0. The summed E-state index contributed by atoms with van der Waals surface area (Å²) in [6, 6.07) is 10.3. The average Bonchev–Trinajstić information content (AvgIpc) is 2.19. The lowest BCUT2D eigenvalue weighted by Crippen LogP contribution is -1.66. The number of benzene rings is 1. The van der Waals surface area contributed by atoms with Gasteiger partial charge in [-0.3, -0.25) is 0 Å². The third-order valence-corrected chi connectivity index (χ3v) is 1.61. The van der Waals surface area contributed by atoms with E-state index in [9.17, 15) is 0 Å². The van der Waals surface area contributed by atoms with E-state index in [0.717, 1.165) is 0 Å². The lowest BCUT2D eigenvalue weighted by atomic mass is 10.2. The molecule has 0 aliphatic rings. The Morgan fingerprint density at radius 2 is 1.54 bits per heavy atom. The highest BCUT2D eigenvalue weighted by Crippen LogP contribution is 2.00. The van der Waals surface area contributed by atoms with Crippen LogP contribution in [-0.2, 0) is 0 Å². The Kier molecular flexibility index (Phi) is 4.41. The molecule has 0 aromatic heterocycles. The van der Waals surface area contributed by atoms with Crippen molar-refractivity contribution in [1.82, 2.24) is 0 Å². The van der Waals surface area contributed by atoms with Gasteiger partial charge in [-0.25, -0.2) is 0 Å². The van der Waals surface area contributed by atoms with Gasteiger partial charge < -0.3 is 0 Å². The number of hydrogen-bond acceptors (Lipinski definition) is 0. The predicted molar refractivity (Wildman–Crippen MR) is 59.4 cm³/mol. The highest BCUT2D eigenvalue weighted by atomic mass is 13.8. The molecular formula is C13H14. The van der Waals surface area contributed by atoms with Gasteiger partial charge in [-0.2, -0.15) is 0 Å². The molecule has 0 fully saturated rings. The maximum atomic E-state index is 2.08. The van der Waals surface area contributed by atoms with E-state index in [0.29, 0.717) is 0 Å². The topological polar surface area (TPSA) is 0 Å². The maximum absolute atomic E-state index is 2.08. The van der Waals surface area contributed by atoms with Crippen molar-refractivity contribution in [2.24, 2.45) is 0 Å². The van der Waals surface area contributed by atoms with Crippen LogP contribution < -0.4 is 0 Å². The minimum absolute atomic E-state index is 1.23. The molecule has 0 bridgehead atoms. The highest BCUT2D eigenvalue weighted by Gasteiger charge is 1.78. The number of hydrogen-bond donors (Lipinski definition) is 0. The molecule has 0 spiro atoms. The zero-order chi connectivity index (χ0) is 9.36. The lowest BCUT2D eigenvalue weighted by molar-refractivity contribution is 1.66. The molecule has 66 valence electrons. The van der Waals surface area contributed by atoms with Gasteiger partial charge in [-0.05, 0) is 12.5 Å². The fourth-order valence-corrected chi connectivity index (χ4v) is 0.970. The van der Waals surface area contributed by atoms with Gasteiger partial charge in [-0.15, -0.1) is 0 Å². The monoisotopic (exact) mass is 170 g/mol. The summed E-state index contributed by atoms with van der Waals surface area (Å²) in [4.78, 5) is 0. The van der Waals surface area contributed by atoms with Crippen molar-refractivity contribution in [3.8, 4) is 0 Å². The first-order valence-electron chi connectivity index (χ1n) is 4.44. The van der Waals surface area contributed by atoms with E-state index in [-0.39, 0.29) is 0 Å². The van der Waals surface area contributed by atoms with Crippen LogP contribution in [0.25, 0.3) is 6.08 Å². The highest BCUT2D eigenvalue weighted by molar-refractivity contribution is 5.50. The molecule has 0 amide bonds. The van der Waals surface area contributed by atoms with Gasteiger partial charge in [0.25, 0.3) is 0 Å². The van der Waals surface area contributed by atoms with Crippen molar-refractivity contribution in [2.75, 3.05) is 0 Å². The minimum Gasteiger partial charge on any atom is -0.0877 e. The second kappa shape index (κ2) is 6.01. The van der Waals surface area contributed by atoms with Gasteiger partial charge in [0.1, 0.15) is 0 Å². The molecule has 0 saturated heterocycles. The van der Waals surface area contributed by atoms with E-state index < -0.39 is 0 Å². The van der Waals surface area contributed by atoms with Crippen molar-refractivity contribution in [3.05, 3.63) is 66.3 Å². The van der Waals surface area contributed by atoms with Crippen LogP contribution in [0.3, 0.4) is 0 Å². The van der Waals surface area contributed by atoms with Crippen molar-refractivity contribution < 1.29 is 0 Å². The summed E-state index contributed by atoms with van der Waals surface area (Å²) >= 11 is 0. The quantitative estimate of drug-likeness (QED) is 0.605. The predicted octanol–water partition coefficient (Wildman–Crippen LogP) is 3.83. The van der Waals surface area contributed by atoms with E-state index in [4.69, 9.17) is 0 Å². The Morgan fingerprint density at radius 3 is 2.23 bits per heavy atom. The van der Waals surface area contributed by atoms with Gasteiger partial charge in [0.05, 0.1) is 0 Å². The third kappa shape index (κ3) is 4.12. The van der Waals surface area contributed by atoms with Crippen LogP contribution in [0.4, 0.5) is 0 Å². The van der Waals surface area contributed by atoms with Crippen molar-refractivity contribution in [3.63, 3.8) is 0 Å². The molecule has 1 aromatic carbocycles. The van der Waals surface area contributed by atoms with Crippen LogP contribution >= 0.6 is 0 Å². The van der Waals surface area contributed by atoms with Gasteiger partial charge in [0, 0.05) is 0 Å². The Morgan fingerprint density at radius 1 is 0.846 bits per heavy atom. The second-order valence-electron chi connectivity index (χ2n) is 2.68. The molecule has 0 aliphatic carbocycles. The molecule has 0 nitrogen and oxygen atoms in total. The van der Waals surface area contributed by atoms with Gasteiger partial charge >= 0.3 is 0 Å². The van der Waals surface area contributed by atoms with E-state index in [1.807, 2.05) is 55.5 Å². The van der Waals surface area contributed by atoms with Crippen LogP contribution in [0.2, 0.25) is 0 Å². The van der Waals surface area contributed by atoms with Gasteiger partial charge in [0.15, 0.2) is 0 Å².